The molecule has 0 bridgehead atoms. The summed E-state index contributed by atoms with van der Waals surface area (Å²) in [5.74, 6) is 0. The fraction of sp³-hybridized carbons (Fsp3) is 0.538. The van der Waals surface area contributed by atoms with Crippen molar-refractivity contribution in [2.75, 3.05) is 5.32 Å². The van der Waals surface area contributed by atoms with Crippen LogP contribution < -0.4 is 5.32 Å². The topological polar surface area (TPSA) is 32.3 Å². The molecule has 2 atom stereocenters. The maximum absolute atomic E-state index is 9.86. The van der Waals surface area contributed by atoms with Gasteiger partial charge in [0.25, 0.3) is 0 Å². The minimum Gasteiger partial charge on any atom is -0.391 e. The standard InChI is InChI=1S/C13H19NO/c1-10-6-2-3-7-11(10)14-12-8-4-5-9-13(12)15/h2-3,6-7,12-15H,4-5,8-9H2,1H3/t12-,13+/m0/s1. The number of aliphatic hydroxyl groups is 1. The highest BCUT2D eigenvalue weighted by Gasteiger charge is 2.22. The Labute approximate surface area is 91.3 Å². The van der Waals surface area contributed by atoms with Gasteiger partial charge in [0.05, 0.1) is 12.1 Å². The van der Waals surface area contributed by atoms with Crippen molar-refractivity contribution in [1.29, 1.82) is 0 Å². The predicted octanol–water partition coefficient (Wildman–Crippen LogP) is 2.71. The molecule has 82 valence electrons. The molecule has 0 radical (unpaired) electrons. The SMILES string of the molecule is Cc1ccccc1N[C@H]1CCCC[C@H]1O. The molecule has 0 spiro atoms. The number of nitrogens with one attached hydrogen (secondary N) is 1. The Hall–Kier alpha value is -1.02. The van der Waals surface area contributed by atoms with Gasteiger partial charge in [-0.05, 0) is 31.4 Å². The molecule has 1 fully saturated rings. The number of benzene rings is 1. The molecule has 1 aromatic carbocycles. The van der Waals surface area contributed by atoms with Crippen LogP contribution in [0.3, 0.4) is 0 Å². The largest absolute Gasteiger partial charge is 0.391 e. The summed E-state index contributed by atoms with van der Waals surface area (Å²) in [7, 11) is 0. The maximum Gasteiger partial charge on any atom is 0.0741 e. The summed E-state index contributed by atoms with van der Waals surface area (Å²) in [5, 5.41) is 13.3. The van der Waals surface area contributed by atoms with E-state index in [4.69, 9.17) is 0 Å². The van der Waals surface area contributed by atoms with Gasteiger partial charge in [-0.2, -0.15) is 0 Å². The Kier molecular flexibility index (Phi) is 3.27. The van der Waals surface area contributed by atoms with Gasteiger partial charge in [-0.1, -0.05) is 31.0 Å². The third-order valence-corrected chi connectivity index (χ3v) is 3.22. The second kappa shape index (κ2) is 4.67. The molecule has 0 aliphatic heterocycles. The van der Waals surface area contributed by atoms with Crippen molar-refractivity contribution in [2.24, 2.45) is 0 Å². The lowest BCUT2D eigenvalue weighted by molar-refractivity contribution is 0.116. The lowest BCUT2D eigenvalue weighted by atomic mass is 9.92. The van der Waals surface area contributed by atoms with Crippen LogP contribution in [0.5, 0.6) is 0 Å². The van der Waals surface area contributed by atoms with Crippen molar-refractivity contribution in [1.82, 2.24) is 0 Å². The average molecular weight is 205 g/mol. The van der Waals surface area contributed by atoms with Crippen LogP contribution >= 0.6 is 0 Å². The van der Waals surface area contributed by atoms with Crippen molar-refractivity contribution in [3.8, 4) is 0 Å². The zero-order valence-corrected chi connectivity index (χ0v) is 9.24. The van der Waals surface area contributed by atoms with Gasteiger partial charge in [-0.25, -0.2) is 0 Å². The molecule has 0 unspecified atom stereocenters. The fourth-order valence-corrected chi connectivity index (χ4v) is 2.21. The van der Waals surface area contributed by atoms with Gasteiger partial charge in [0.2, 0.25) is 0 Å². The van der Waals surface area contributed by atoms with E-state index in [0.717, 1.165) is 24.9 Å². The normalized spacial score (nSPS) is 26.3. The van der Waals surface area contributed by atoms with Crippen molar-refractivity contribution >= 4 is 5.69 Å². The fourth-order valence-electron chi connectivity index (χ4n) is 2.21. The molecule has 2 heteroatoms. The molecule has 1 aliphatic rings. The molecule has 1 aromatic rings. The molecule has 0 aromatic heterocycles. The van der Waals surface area contributed by atoms with E-state index in [1.54, 1.807) is 0 Å². The molecule has 0 amide bonds. The molecule has 1 saturated carbocycles. The van der Waals surface area contributed by atoms with Gasteiger partial charge < -0.3 is 10.4 Å². The summed E-state index contributed by atoms with van der Waals surface area (Å²) >= 11 is 0. The van der Waals surface area contributed by atoms with Gasteiger partial charge in [-0.15, -0.1) is 0 Å². The van der Waals surface area contributed by atoms with E-state index in [0.29, 0.717) is 0 Å². The highest BCUT2D eigenvalue weighted by molar-refractivity contribution is 5.51. The molecule has 2 N–H and O–H groups in total. The van der Waals surface area contributed by atoms with Crippen molar-refractivity contribution < 1.29 is 5.11 Å². The zero-order chi connectivity index (χ0) is 10.7. The molecular formula is C13H19NO. The van der Waals surface area contributed by atoms with Gasteiger partial charge >= 0.3 is 0 Å². The zero-order valence-electron chi connectivity index (χ0n) is 9.24. The van der Waals surface area contributed by atoms with Crippen molar-refractivity contribution in [2.45, 2.75) is 44.8 Å². The highest BCUT2D eigenvalue weighted by Crippen LogP contribution is 2.23. The summed E-state index contributed by atoms with van der Waals surface area (Å²) in [6.07, 6.45) is 4.21. The van der Waals surface area contributed by atoms with Crippen LogP contribution in [-0.2, 0) is 0 Å². The van der Waals surface area contributed by atoms with Gasteiger partial charge in [-0.3, -0.25) is 0 Å². The van der Waals surface area contributed by atoms with Crippen LogP contribution in [0.15, 0.2) is 24.3 Å². The first kappa shape index (κ1) is 10.5. The minimum atomic E-state index is -0.182. The summed E-state index contributed by atoms with van der Waals surface area (Å²) in [6, 6.07) is 8.48. The number of anilines is 1. The summed E-state index contributed by atoms with van der Waals surface area (Å²) < 4.78 is 0. The monoisotopic (exact) mass is 205 g/mol. The Bertz CT molecular complexity index is 324. The van der Waals surface area contributed by atoms with E-state index in [2.05, 4.69) is 24.4 Å². The predicted molar refractivity (Wildman–Crippen MR) is 63.1 cm³/mol. The quantitative estimate of drug-likeness (QED) is 0.778. The Balaban J connectivity index is 2.04. The smallest absolute Gasteiger partial charge is 0.0741 e. The van der Waals surface area contributed by atoms with Crippen LogP contribution in [0.25, 0.3) is 0 Å². The van der Waals surface area contributed by atoms with Gasteiger partial charge in [0.1, 0.15) is 0 Å². The summed E-state index contributed by atoms with van der Waals surface area (Å²) in [6.45, 7) is 2.09. The third kappa shape index (κ3) is 2.51. The van der Waals surface area contributed by atoms with Gasteiger partial charge in [0.15, 0.2) is 0 Å². The Morgan fingerprint density at radius 2 is 1.93 bits per heavy atom. The summed E-state index contributed by atoms with van der Waals surface area (Å²) in [4.78, 5) is 0. The molecule has 2 rings (SSSR count). The number of hydrogen-bond acceptors (Lipinski definition) is 2. The van der Waals surface area contributed by atoms with Crippen molar-refractivity contribution in [3.63, 3.8) is 0 Å². The first-order valence-corrected chi connectivity index (χ1v) is 5.77. The average Bonchev–Trinajstić information content (AvgIpc) is 2.24. The lowest BCUT2D eigenvalue weighted by Gasteiger charge is -2.29. The second-order valence-electron chi connectivity index (χ2n) is 4.42. The van der Waals surface area contributed by atoms with E-state index >= 15 is 0 Å². The minimum absolute atomic E-state index is 0.182. The lowest BCUT2D eigenvalue weighted by Crippen LogP contribution is -2.36. The van der Waals surface area contributed by atoms with E-state index in [1.165, 1.54) is 12.0 Å². The van der Waals surface area contributed by atoms with E-state index in [9.17, 15) is 5.11 Å². The van der Waals surface area contributed by atoms with E-state index in [1.807, 2.05) is 12.1 Å². The number of para-hydroxylation sites is 1. The van der Waals surface area contributed by atoms with Crippen LogP contribution in [0.1, 0.15) is 31.2 Å². The molecule has 0 saturated heterocycles. The highest BCUT2D eigenvalue weighted by atomic mass is 16.3. The van der Waals surface area contributed by atoms with Crippen LogP contribution in [0, 0.1) is 6.92 Å². The van der Waals surface area contributed by atoms with Crippen LogP contribution in [-0.4, -0.2) is 17.3 Å². The number of aryl methyl sites for hydroxylation is 1. The van der Waals surface area contributed by atoms with Crippen molar-refractivity contribution in [3.05, 3.63) is 29.8 Å². The second-order valence-corrected chi connectivity index (χ2v) is 4.42. The molecule has 0 heterocycles. The molecular weight excluding hydrogens is 186 g/mol. The maximum atomic E-state index is 9.86. The number of hydrogen-bond donors (Lipinski definition) is 2. The van der Waals surface area contributed by atoms with Gasteiger partial charge in [0, 0.05) is 5.69 Å². The number of aliphatic hydroxyl groups excluding tert-OH is 1. The Morgan fingerprint density at radius 3 is 2.67 bits per heavy atom. The Morgan fingerprint density at radius 1 is 1.20 bits per heavy atom. The van der Waals surface area contributed by atoms with Crippen LogP contribution in [0.4, 0.5) is 5.69 Å². The van der Waals surface area contributed by atoms with Crippen LogP contribution in [0.2, 0.25) is 0 Å². The molecule has 15 heavy (non-hydrogen) atoms. The van der Waals surface area contributed by atoms with E-state index < -0.39 is 0 Å². The number of rotatable bonds is 2. The summed E-state index contributed by atoms with van der Waals surface area (Å²) in [5.41, 5.74) is 2.40. The van der Waals surface area contributed by atoms with E-state index in [-0.39, 0.29) is 12.1 Å². The first-order valence-electron chi connectivity index (χ1n) is 5.77. The first-order chi connectivity index (χ1) is 7.27. The third-order valence-electron chi connectivity index (χ3n) is 3.22. The molecule has 1 aliphatic carbocycles. The molecule has 2 nitrogen and oxygen atoms in total.